The standard InChI is InChI=1S/C18H30N2/c1-5-19-12-15-8-9-16(18(2,3)4)11-17(15)14-7-6-10-20-13-14/h6-7,10,13,15-17,19H,5,8-9,11-12H2,1-4H3. The number of aromatic nitrogens is 1. The first-order valence-corrected chi connectivity index (χ1v) is 8.13. The van der Waals surface area contributed by atoms with E-state index in [1.165, 1.54) is 24.8 Å². The molecule has 1 N–H and O–H groups in total. The van der Waals surface area contributed by atoms with Crippen molar-refractivity contribution in [1.82, 2.24) is 10.3 Å². The van der Waals surface area contributed by atoms with Gasteiger partial charge in [0.05, 0.1) is 0 Å². The lowest BCUT2D eigenvalue weighted by molar-refractivity contribution is 0.129. The van der Waals surface area contributed by atoms with E-state index in [9.17, 15) is 0 Å². The average Bonchev–Trinajstić information content (AvgIpc) is 2.45. The van der Waals surface area contributed by atoms with E-state index in [1.807, 2.05) is 6.20 Å². The fourth-order valence-corrected chi connectivity index (χ4v) is 3.60. The van der Waals surface area contributed by atoms with Crippen molar-refractivity contribution in [2.45, 2.75) is 52.9 Å². The van der Waals surface area contributed by atoms with E-state index >= 15 is 0 Å². The number of nitrogens with zero attached hydrogens (tertiary/aromatic N) is 1. The predicted octanol–water partition coefficient (Wildman–Crippen LogP) is 4.24. The number of rotatable bonds is 4. The highest BCUT2D eigenvalue weighted by molar-refractivity contribution is 5.17. The molecule has 2 heteroatoms. The van der Waals surface area contributed by atoms with Gasteiger partial charge in [-0.15, -0.1) is 0 Å². The Morgan fingerprint density at radius 1 is 1.30 bits per heavy atom. The molecule has 112 valence electrons. The van der Waals surface area contributed by atoms with E-state index in [0.29, 0.717) is 11.3 Å². The summed E-state index contributed by atoms with van der Waals surface area (Å²) < 4.78 is 0. The molecule has 0 aliphatic heterocycles. The minimum absolute atomic E-state index is 0.420. The molecular formula is C18H30N2. The third kappa shape index (κ3) is 3.82. The van der Waals surface area contributed by atoms with Crippen LogP contribution >= 0.6 is 0 Å². The molecule has 0 saturated heterocycles. The number of pyridine rings is 1. The van der Waals surface area contributed by atoms with Crippen molar-refractivity contribution < 1.29 is 0 Å². The van der Waals surface area contributed by atoms with Gasteiger partial charge in [0, 0.05) is 12.4 Å². The van der Waals surface area contributed by atoms with E-state index in [1.54, 1.807) is 0 Å². The van der Waals surface area contributed by atoms with Crippen molar-refractivity contribution in [2.24, 2.45) is 17.3 Å². The lowest BCUT2D eigenvalue weighted by atomic mass is 9.64. The summed E-state index contributed by atoms with van der Waals surface area (Å²) in [6, 6.07) is 4.35. The Morgan fingerprint density at radius 3 is 2.70 bits per heavy atom. The molecule has 0 spiro atoms. The number of hydrogen-bond donors (Lipinski definition) is 1. The molecule has 20 heavy (non-hydrogen) atoms. The fourth-order valence-electron chi connectivity index (χ4n) is 3.60. The molecule has 1 fully saturated rings. The van der Waals surface area contributed by atoms with Crippen LogP contribution in [0.2, 0.25) is 0 Å². The van der Waals surface area contributed by atoms with Gasteiger partial charge in [0.1, 0.15) is 0 Å². The maximum absolute atomic E-state index is 4.34. The smallest absolute Gasteiger partial charge is 0.0302 e. The lowest BCUT2D eigenvalue weighted by Gasteiger charge is -2.42. The van der Waals surface area contributed by atoms with Gasteiger partial charge in [0.25, 0.3) is 0 Å². The Balaban J connectivity index is 2.15. The molecular weight excluding hydrogens is 244 g/mol. The molecule has 0 amide bonds. The van der Waals surface area contributed by atoms with Gasteiger partial charge < -0.3 is 5.32 Å². The summed E-state index contributed by atoms with van der Waals surface area (Å²) in [5, 5.41) is 3.55. The lowest BCUT2D eigenvalue weighted by Crippen LogP contribution is -2.35. The summed E-state index contributed by atoms with van der Waals surface area (Å²) in [4.78, 5) is 4.34. The number of nitrogens with one attached hydrogen (secondary N) is 1. The highest BCUT2D eigenvalue weighted by Crippen LogP contribution is 2.46. The molecule has 2 rings (SSSR count). The van der Waals surface area contributed by atoms with Gasteiger partial charge in [-0.25, -0.2) is 0 Å². The van der Waals surface area contributed by atoms with Crippen molar-refractivity contribution in [3.05, 3.63) is 30.1 Å². The molecule has 1 aliphatic rings. The highest BCUT2D eigenvalue weighted by Gasteiger charge is 2.36. The van der Waals surface area contributed by atoms with Gasteiger partial charge in [-0.2, -0.15) is 0 Å². The van der Waals surface area contributed by atoms with Crippen LogP contribution in [0.5, 0.6) is 0 Å². The zero-order chi connectivity index (χ0) is 14.6. The second-order valence-corrected chi connectivity index (χ2v) is 7.34. The summed E-state index contributed by atoms with van der Waals surface area (Å²) in [5.74, 6) is 2.25. The highest BCUT2D eigenvalue weighted by atomic mass is 14.8. The van der Waals surface area contributed by atoms with E-state index in [2.05, 4.69) is 56.3 Å². The number of hydrogen-bond acceptors (Lipinski definition) is 2. The Labute approximate surface area is 124 Å². The third-order valence-electron chi connectivity index (χ3n) is 4.99. The Morgan fingerprint density at radius 2 is 2.10 bits per heavy atom. The normalized spacial score (nSPS) is 27.5. The summed E-state index contributed by atoms with van der Waals surface area (Å²) in [6.45, 7) is 11.6. The van der Waals surface area contributed by atoms with Gasteiger partial charge in [0.2, 0.25) is 0 Å². The first-order valence-electron chi connectivity index (χ1n) is 8.13. The second-order valence-electron chi connectivity index (χ2n) is 7.34. The van der Waals surface area contributed by atoms with Gasteiger partial charge in [-0.3, -0.25) is 4.98 Å². The Hall–Kier alpha value is -0.890. The van der Waals surface area contributed by atoms with Gasteiger partial charge in [-0.05, 0) is 67.2 Å². The minimum atomic E-state index is 0.420. The Bertz CT molecular complexity index is 394. The quantitative estimate of drug-likeness (QED) is 0.888. The van der Waals surface area contributed by atoms with Gasteiger partial charge >= 0.3 is 0 Å². The van der Waals surface area contributed by atoms with Crippen molar-refractivity contribution in [3.8, 4) is 0 Å². The zero-order valence-electron chi connectivity index (χ0n) is 13.5. The molecule has 3 atom stereocenters. The minimum Gasteiger partial charge on any atom is -0.317 e. The maximum atomic E-state index is 4.34. The summed E-state index contributed by atoms with van der Waals surface area (Å²) in [6.07, 6.45) is 7.98. The molecule has 1 aliphatic carbocycles. The molecule has 0 bridgehead atoms. The summed E-state index contributed by atoms with van der Waals surface area (Å²) >= 11 is 0. The molecule has 1 heterocycles. The molecule has 0 radical (unpaired) electrons. The van der Waals surface area contributed by atoms with Crippen LogP contribution < -0.4 is 5.32 Å². The largest absolute Gasteiger partial charge is 0.317 e. The van der Waals surface area contributed by atoms with E-state index in [4.69, 9.17) is 0 Å². The summed E-state index contributed by atoms with van der Waals surface area (Å²) in [5.41, 5.74) is 1.85. The predicted molar refractivity (Wildman–Crippen MR) is 85.8 cm³/mol. The molecule has 1 saturated carbocycles. The molecule has 1 aromatic heterocycles. The first-order chi connectivity index (χ1) is 9.52. The Kier molecular flexibility index (Phi) is 5.20. The zero-order valence-corrected chi connectivity index (χ0v) is 13.5. The average molecular weight is 274 g/mol. The van der Waals surface area contributed by atoms with Crippen LogP contribution in [0.15, 0.2) is 24.5 Å². The van der Waals surface area contributed by atoms with Gasteiger partial charge in [-0.1, -0.05) is 33.8 Å². The third-order valence-corrected chi connectivity index (χ3v) is 4.99. The van der Waals surface area contributed by atoms with Crippen LogP contribution in [0.3, 0.4) is 0 Å². The van der Waals surface area contributed by atoms with E-state index < -0.39 is 0 Å². The van der Waals surface area contributed by atoms with Crippen LogP contribution in [0, 0.1) is 17.3 Å². The van der Waals surface area contributed by atoms with Crippen LogP contribution in [0.25, 0.3) is 0 Å². The second kappa shape index (κ2) is 6.71. The van der Waals surface area contributed by atoms with Gasteiger partial charge in [0.15, 0.2) is 0 Å². The van der Waals surface area contributed by atoms with Crippen LogP contribution in [-0.4, -0.2) is 18.1 Å². The van der Waals surface area contributed by atoms with Crippen LogP contribution in [0.4, 0.5) is 0 Å². The van der Waals surface area contributed by atoms with Crippen LogP contribution in [-0.2, 0) is 0 Å². The molecule has 2 nitrogen and oxygen atoms in total. The maximum Gasteiger partial charge on any atom is 0.0302 e. The molecule has 0 aromatic carbocycles. The van der Waals surface area contributed by atoms with Crippen molar-refractivity contribution in [1.29, 1.82) is 0 Å². The summed E-state index contributed by atoms with van der Waals surface area (Å²) in [7, 11) is 0. The molecule has 3 unspecified atom stereocenters. The van der Waals surface area contributed by atoms with Crippen molar-refractivity contribution >= 4 is 0 Å². The monoisotopic (exact) mass is 274 g/mol. The van der Waals surface area contributed by atoms with Crippen molar-refractivity contribution in [2.75, 3.05) is 13.1 Å². The van der Waals surface area contributed by atoms with Crippen LogP contribution in [0.1, 0.15) is 58.4 Å². The first kappa shape index (κ1) is 15.5. The topological polar surface area (TPSA) is 24.9 Å². The van der Waals surface area contributed by atoms with Crippen molar-refractivity contribution in [3.63, 3.8) is 0 Å². The van der Waals surface area contributed by atoms with E-state index in [-0.39, 0.29) is 0 Å². The molecule has 1 aromatic rings. The van der Waals surface area contributed by atoms with E-state index in [0.717, 1.165) is 24.9 Å². The fraction of sp³-hybridized carbons (Fsp3) is 0.722. The SMILES string of the molecule is CCNCC1CCC(C(C)(C)C)CC1c1cccnc1.